The maximum atomic E-state index is 14.0. The van der Waals surface area contributed by atoms with E-state index in [2.05, 4.69) is 0 Å². The Morgan fingerprint density at radius 1 is 0.897 bits per heavy atom. The molecule has 0 saturated carbocycles. The van der Waals surface area contributed by atoms with E-state index in [-0.39, 0.29) is 11.3 Å². The highest BCUT2D eigenvalue weighted by Crippen LogP contribution is 2.34. The molecule has 4 nitrogen and oxygen atoms in total. The molecule has 1 aliphatic rings. The van der Waals surface area contributed by atoms with Gasteiger partial charge in [0.1, 0.15) is 17.4 Å². The number of aromatic nitrogens is 1. The molecule has 0 bridgehead atoms. The van der Waals surface area contributed by atoms with Crippen molar-refractivity contribution in [2.45, 2.75) is 0 Å². The van der Waals surface area contributed by atoms with E-state index in [1.165, 1.54) is 6.08 Å². The van der Waals surface area contributed by atoms with Gasteiger partial charge >= 0.3 is 0 Å². The zero-order chi connectivity index (χ0) is 20.3. The fourth-order valence-corrected chi connectivity index (χ4v) is 3.73. The van der Waals surface area contributed by atoms with Crippen LogP contribution in [0, 0.1) is 11.6 Å². The number of halogens is 2. The molecule has 0 saturated heterocycles. The first-order valence-corrected chi connectivity index (χ1v) is 8.89. The van der Waals surface area contributed by atoms with Crippen molar-refractivity contribution in [2.75, 3.05) is 0 Å². The molecule has 0 aliphatic heterocycles. The van der Waals surface area contributed by atoms with Gasteiger partial charge in [-0.05, 0) is 23.8 Å². The number of aryl methyl sites for hydroxylation is 1. The van der Waals surface area contributed by atoms with Gasteiger partial charge in [-0.3, -0.25) is 9.59 Å². The average molecular weight is 389 g/mol. The quantitative estimate of drug-likeness (QED) is 0.351. The molecular weight excluding hydrogens is 376 g/mol. The molecular formula is C23H13F2NO3. The second kappa shape index (κ2) is 6.10. The van der Waals surface area contributed by atoms with Crippen LogP contribution in [0.1, 0.15) is 26.5 Å². The van der Waals surface area contributed by atoms with Crippen molar-refractivity contribution in [3.05, 3.63) is 88.7 Å². The molecule has 1 aliphatic carbocycles. The monoisotopic (exact) mass is 389 g/mol. The van der Waals surface area contributed by atoms with Crippen LogP contribution in [-0.4, -0.2) is 16.1 Å². The molecule has 2 heterocycles. The number of ketones is 2. The number of rotatable bonds is 2. The summed E-state index contributed by atoms with van der Waals surface area (Å²) in [5.74, 6) is -3.25. The summed E-state index contributed by atoms with van der Waals surface area (Å²) in [4.78, 5) is 25.0. The van der Waals surface area contributed by atoms with E-state index < -0.39 is 34.3 Å². The van der Waals surface area contributed by atoms with E-state index in [4.69, 9.17) is 4.42 Å². The highest BCUT2D eigenvalue weighted by molar-refractivity contribution is 6.41. The first kappa shape index (κ1) is 17.3. The maximum Gasteiger partial charge on any atom is 0.200 e. The lowest BCUT2D eigenvalue weighted by Gasteiger charge is -2.03. The van der Waals surface area contributed by atoms with Crippen LogP contribution >= 0.6 is 0 Å². The Balaban J connectivity index is 1.58. The number of hydrogen-bond donors (Lipinski definition) is 0. The minimum Gasteiger partial charge on any atom is -0.455 e. The molecule has 0 atom stereocenters. The van der Waals surface area contributed by atoms with Crippen LogP contribution in [0.15, 0.2) is 64.6 Å². The van der Waals surface area contributed by atoms with Crippen molar-refractivity contribution in [3.63, 3.8) is 0 Å². The zero-order valence-electron chi connectivity index (χ0n) is 15.2. The topological polar surface area (TPSA) is 52.2 Å². The summed E-state index contributed by atoms with van der Waals surface area (Å²) in [6, 6.07) is 15.0. The molecule has 5 rings (SSSR count). The molecule has 0 spiro atoms. The van der Waals surface area contributed by atoms with E-state index >= 15 is 0 Å². The Bertz CT molecular complexity index is 1320. The predicted molar refractivity (Wildman–Crippen MR) is 104 cm³/mol. The van der Waals surface area contributed by atoms with Gasteiger partial charge in [0, 0.05) is 19.2 Å². The molecule has 6 heteroatoms. The number of benzene rings is 2. The van der Waals surface area contributed by atoms with Crippen LogP contribution in [0.25, 0.3) is 28.4 Å². The van der Waals surface area contributed by atoms with Crippen LogP contribution in [0.5, 0.6) is 0 Å². The second-order valence-electron chi connectivity index (χ2n) is 6.85. The molecule has 0 unspecified atom stereocenters. The van der Waals surface area contributed by atoms with Crippen LogP contribution in [0.2, 0.25) is 0 Å². The first-order chi connectivity index (χ1) is 14.0. The summed E-state index contributed by atoms with van der Waals surface area (Å²) in [7, 11) is 1.88. The largest absolute Gasteiger partial charge is 0.455 e. The number of hydrogen-bond acceptors (Lipinski definition) is 3. The van der Waals surface area contributed by atoms with E-state index in [1.54, 1.807) is 6.07 Å². The van der Waals surface area contributed by atoms with Gasteiger partial charge in [0.25, 0.3) is 0 Å². The molecule has 2 aromatic carbocycles. The smallest absolute Gasteiger partial charge is 0.200 e. The number of Topliss-reactive ketones (excluding diaryl/α,β-unsaturated/α-hetero) is 2. The molecule has 2 aromatic heterocycles. The molecule has 0 radical (unpaired) electrons. The van der Waals surface area contributed by atoms with Gasteiger partial charge in [-0.2, -0.15) is 0 Å². The summed E-state index contributed by atoms with van der Waals surface area (Å²) < 4.78 is 35.7. The molecule has 0 N–H and O–H groups in total. The lowest BCUT2D eigenvalue weighted by Crippen LogP contribution is -2.00. The van der Waals surface area contributed by atoms with Gasteiger partial charge in [0.15, 0.2) is 5.58 Å². The summed E-state index contributed by atoms with van der Waals surface area (Å²) in [5.41, 5.74) is 1.94. The van der Waals surface area contributed by atoms with Gasteiger partial charge in [-0.1, -0.05) is 30.3 Å². The lowest BCUT2D eigenvalue weighted by atomic mass is 10.1. The average Bonchev–Trinajstić information content (AvgIpc) is 3.33. The standard InChI is InChI=1S/C23H13F2NO3/c1-26-17(12-5-3-2-4-6-12)11-19-18(26)10-13(29-19)9-14-22(27)20-15(24)7-8-16(25)21(20)23(14)28/h2-11H,1H3. The number of furan rings is 1. The van der Waals surface area contributed by atoms with Crippen molar-refractivity contribution >= 4 is 28.7 Å². The second-order valence-corrected chi connectivity index (χ2v) is 6.85. The van der Waals surface area contributed by atoms with E-state index in [1.807, 2.05) is 48.0 Å². The Morgan fingerprint density at radius 3 is 2.10 bits per heavy atom. The predicted octanol–water partition coefficient (Wildman–Crippen LogP) is 5.18. The fraction of sp³-hybridized carbons (Fsp3) is 0.0435. The Hall–Kier alpha value is -3.80. The van der Waals surface area contributed by atoms with Crippen molar-refractivity contribution in [1.82, 2.24) is 4.57 Å². The molecule has 0 fully saturated rings. The Labute approximate surface area is 163 Å². The number of fused-ring (bicyclic) bond motifs is 2. The van der Waals surface area contributed by atoms with Gasteiger partial charge in [0.05, 0.1) is 27.9 Å². The lowest BCUT2D eigenvalue weighted by molar-refractivity contribution is 0.0988. The number of carbonyl (C=O) groups excluding carboxylic acids is 2. The minimum absolute atomic E-state index is 0.260. The van der Waals surface area contributed by atoms with E-state index in [0.717, 1.165) is 28.9 Å². The van der Waals surface area contributed by atoms with Gasteiger partial charge in [-0.25, -0.2) is 8.78 Å². The maximum absolute atomic E-state index is 14.0. The normalized spacial score (nSPS) is 13.4. The van der Waals surface area contributed by atoms with Gasteiger partial charge in [-0.15, -0.1) is 0 Å². The molecule has 142 valence electrons. The first-order valence-electron chi connectivity index (χ1n) is 8.89. The van der Waals surface area contributed by atoms with Crippen LogP contribution < -0.4 is 0 Å². The third kappa shape index (κ3) is 2.49. The summed E-state index contributed by atoms with van der Waals surface area (Å²) in [6.45, 7) is 0. The number of carbonyl (C=O) groups is 2. The van der Waals surface area contributed by atoms with Crippen LogP contribution in [0.3, 0.4) is 0 Å². The van der Waals surface area contributed by atoms with Crippen molar-refractivity contribution in [3.8, 4) is 11.3 Å². The van der Waals surface area contributed by atoms with E-state index in [9.17, 15) is 18.4 Å². The Kier molecular flexibility index (Phi) is 3.64. The zero-order valence-corrected chi connectivity index (χ0v) is 15.2. The minimum atomic E-state index is -0.916. The van der Waals surface area contributed by atoms with Crippen LogP contribution in [0.4, 0.5) is 8.78 Å². The van der Waals surface area contributed by atoms with Gasteiger partial charge in [0.2, 0.25) is 11.6 Å². The molecule has 0 amide bonds. The van der Waals surface area contributed by atoms with Crippen molar-refractivity contribution < 1.29 is 22.8 Å². The Morgan fingerprint density at radius 2 is 1.52 bits per heavy atom. The van der Waals surface area contributed by atoms with Crippen molar-refractivity contribution in [2.24, 2.45) is 7.05 Å². The third-order valence-corrected chi connectivity index (χ3v) is 5.15. The SMILES string of the molecule is Cn1c(-c2ccccc2)cc2oc(C=C3C(=O)c4c(F)ccc(F)c4C3=O)cc21. The summed E-state index contributed by atoms with van der Waals surface area (Å²) >= 11 is 0. The number of nitrogens with zero attached hydrogens (tertiary/aromatic N) is 1. The van der Waals surface area contributed by atoms with Crippen molar-refractivity contribution in [1.29, 1.82) is 0 Å². The molecule has 29 heavy (non-hydrogen) atoms. The summed E-state index contributed by atoms with van der Waals surface area (Å²) in [6.07, 6.45) is 1.24. The number of allylic oxidation sites excluding steroid dienone is 1. The highest BCUT2D eigenvalue weighted by Gasteiger charge is 2.38. The summed E-state index contributed by atoms with van der Waals surface area (Å²) in [5, 5.41) is 0. The third-order valence-electron chi connectivity index (χ3n) is 5.15. The van der Waals surface area contributed by atoms with Gasteiger partial charge < -0.3 is 8.98 Å². The van der Waals surface area contributed by atoms with Crippen LogP contribution in [-0.2, 0) is 7.05 Å². The van der Waals surface area contributed by atoms with E-state index in [0.29, 0.717) is 5.58 Å². The fourth-order valence-electron chi connectivity index (χ4n) is 3.73. The molecule has 4 aromatic rings. The highest BCUT2D eigenvalue weighted by atomic mass is 19.1.